The van der Waals surface area contributed by atoms with Gasteiger partial charge in [0.05, 0.1) is 5.92 Å². The second-order valence-corrected chi connectivity index (χ2v) is 5.06. The number of allylic oxidation sites excluding steroid dienone is 1. The molecule has 0 saturated heterocycles. The molecule has 0 amide bonds. The molecule has 0 bridgehead atoms. The van der Waals surface area contributed by atoms with Gasteiger partial charge in [-0.25, -0.2) is 0 Å². The van der Waals surface area contributed by atoms with Crippen LogP contribution in [0, 0.1) is 5.92 Å². The summed E-state index contributed by atoms with van der Waals surface area (Å²) in [5.41, 5.74) is 3.10. The predicted molar refractivity (Wildman–Crippen MR) is 78.2 cm³/mol. The third kappa shape index (κ3) is 2.12. The van der Waals surface area contributed by atoms with Gasteiger partial charge in [-0.3, -0.25) is 4.79 Å². The van der Waals surface area contributed by atoms with E-state index in [0.717, 1.165) is 16.7 Å². The molecule has 0 aliphatic heterocycles. The number of carbonyl (C=O) groups is 1. The first kappa shape index (κ1) is 11.9. The van der Waals surface area contributed by atoms with Crippen molar-refractivity contribution in [3.05, 3.63) is 77.4 Å². The molecular weight excluding hydrogens is 232 g/mol. The molecule has 0 spiro atoms. The average Bonchev–Trinajstić information content (AvgIpc) is 2.47. The number of ketones is 1. The van der Waals surface area contributed by atoms with Crippen LogP contribution in [0.5, 0.6) is 0 Å². The van der Waals surface area contributed by atoms with Crippen molar-refractivity contribution in [2.24, 2.45) is 5.92 Å². The molecule has 1 nitrogen and oxygen atoms in total. The number of hydrogen-bond acceptors (Lipinski definition) is 1. The van der Waals surface area contributed by atoms with E-state index >= 15 is 0 Å². The summed E-state index contributed by atoms with van der Waals surface area (Å²) in [5.74, 6) is 0.385. The highest BCUT2D eigenvalue weighted by atomic mass is 16.1. The zero-order chi connectivity index (χ0) is 13.2. The van der Waals surface area contributed by atoms with Crippen LogP contribution in [0.1, 0.15) is 34.3 Å². The minimum atomic E-state index is -0.0661. The van der Waals surface area contributed by atoms with Crippen LogP contribution in [-0.4, -0.2) is 5.78 Å². The van der Waals surface area contributed by atoms with Gasteiger partial charge in [-0.05, 0) is 17.0 Å². The Kier molecular flexibility index (Phi) is 3.04. The second-order valence-electron chi connectivity index (χ2n) is 5.06. The van der Waals surface area contributed by atoms with Crippen molar-refractivity contribution in [2.45, 2.75) is 12.8 Å². The average molecular weight is 248 g/mol. The van der Waals surface area contributed by atoms with Crippen LogP contribution in [0.25, 0.3) is 6.08 Å². The highest BCUT2D eigenvalue weighted by molar-refractivity contribution is 6.02. The molecule has 0 N–H and O–H groups in total. The Bertz CT molecular complexity index is 625. The molecule has 0 saturated carbocycles. The Balaban J connectivity index is 2.05. The quantitative estimate of drug-likeness (QED) is 0.723. The standard InChI is InChI=1S/C18H16O/c1-13-11-12-14-7-5-6-10-16(14)17(13)18(19)15-8-3-2-4-9-15/h2-13,17H,1H3. The van der Waals surface area contributed by atoms with E-state index in [1.54, 1.807) is 0 Å². The van der Waals surface area contributed by atoms with Gasteiger partial charge in [-0.1, -0.05) is 73.7 Å². The summed E-state index contributed by atoms with van der Waals surface area (Å²) in [4.78, 5) is 12.7. The van der Waals surface area contributed by atoms with Gasteiger partial charge in [0.2, 0.25) is 0 Å². The number of fused-ring (bicyclic) bond motifs is 1. The van der Waals surface area contributed by atoms with Crippen molar-refractivity contribution in [3.63, 3.8) is 0 Å². The molecule has 2 unspecified atom stereocenters. The first-order valence-corrected chi connectivity index (χ1v) is 6.64. The Hall–Kier alpha value is -2.15. The van der Waals surface area contributed by atoms with E-state index in [-0.39, 0.29) is 17.6 Å². The van der Waals surface area contributed by atoms with E-state index in [1.807, 2.05) is 42.5 Å². The van der Waals surface area contributed by atoms with E-state index in [2.05, 4.69) is 31.2 Å². The van der Waals surface area contributed by atoms with Crippen molar-refractivity contribution in [1.82, 2.24) is 0 Å². The topological polar surface area (TPSA) is 17.1 Å². The first-order valence-electron chi connectivity index (χ1n) is 6.64. The van der Waals surface area contributed by atoms with Crippen molar-refractivity contribution in [3.8, 4) is 0 Å². The maximum absolute atomic E-state index is 12.7. The molecule has 3 rings (SSSR count). The summed E-state index contributed by atoms with van der Waals surface area (Å²) < 4.78 is 0. The molecule has 0 radical (unpaired) electrons. The Morgan fingerprint density at radius 2 is 1.63 bits per heavy atom. The Labute approximate surface area is 113 Å². The molecule has 0 fully saturated rings. The van der Waals surface area contributed by atoms with Crippen LogP contribution in [0.4, 0.5) is 0 Å². The van der Waals surface area contributed by atoms with Gasteiger partial charge in [0.15, 0.2) is 5.78 Å². The van der Waals surface area contributed by atoms with Crippen molar-refractivity contribution >= 4 is 11.9 Å². The number of Topliss-reactive ketones (excluding diaryl/α,β-unsaturated/α-hetero) is 1. The largest absolute Gasteiger partial charge is 0.293 e. The third-order valence-corrected chi connectivity index (χ3v) is 3.78. The molecular formula is C18H16O. The lowest BCUT2D eigenvalue weighted by Gasteiger charge is -2.26. The van der Waals surface area contributed by atoms with Crippen molar-refractivity contribution < 1.29 is 4.79 Å². The van der Waals surface area contributed by atoms with Crippen LogP contribution in [0.2, 0.25) is 0 Å². The SMILES string of the molecule is CC1C=Cc2ccccc2C1C(=O)c1ccccc1. The fourth-order valence-corrected chi connectivity index (χ4v) is 2.76. The highest BCUT2D eigenvalue weighted by Crippen LogP contribution is 2.36. The van der Waals surface area contributed by atoms with E-state index in [1.165, 1.54) is 0 Å². The fourth-order valence-electron chi connectivity index (χ4n) is 2.76. The molecule has 2 atom stereocenters. The predicted octanol–water partition coefficient (Wildman–Crippen LogP) is 4.32. The van der Waals surface area contributed by atoms with Gasteiger partial charge in [0.1, 0.15) is 0 Å². The number of rotatable bonds is 2. The van der Waals surface area contributed by atoms with E-state index < -0.39 is 0 Å². The highest BCUT2D eigenvalue weighted by Gasteiger charge is 2.29. The van der Waals surface area contributed by atoms with E-state index in [0.29, 0.717) is 0 Å². The number of hydrogen-bond donors (Lipinski definition) is 0. The van der Waals surface area contributed by atoms with Crippen LogP contribution in [0.3, 0.4) is 0 Å². The monoisotopic (exact) mass is 248 g/mol. The van der Waals surface area contributed by atoms with Gasteiger partial charge < -0.3 is 0 Å². The lowest BCUT2D eigenvalue weighted by Crippen LogP contribution is -2.22. The van der Waals surface area contributed by atoms with Gasteiger partial charge in [-0.15, -0.1) is 0 Å². The third-order valence-electron chi connectivity index (χ3n) is 3.78. The smallest absolute Gasteiger partial charge is 0.170 e. The van der Waals surface area contributed by atoms with E-state index in [9.17, 15) is 4.79 Å². The molecule has 19 heavy (non-hydrogen) atoms. The van der Waals surface area contributed by atoms with Crippen molar-refractivity contribution in [2.75, 3.05) is 0 Å². The summed E-state index contributed by atoms with van der Waals surface area (Å²) >= 11 is 0. The maximum Gasteiger partial charge on any atom is 0.170 e. The molecule has 1 aliphatic rings. The van der Waals surface area contributed by atoms with E-state index in [4.69, 9.17) is 0 Å². The first-order chi connectivity index (χ1) is 9.27. The Morgan fingerprint density at radius 1 is 0.947 bits per heavy atom. The number of carbonyl (C=O) groups excluding carboxylic acids is 1. The molecule has 0 aromatic heterocycles. The molecule has 1 aliphatic carbocycles. The number of benzene rings is 2. The van der Waals surface area contributed by atoms with Crippen LogP contribution >= 0.6 is 0 Å². The maximum atomic E-state index is 12.7. The minimum Gasteiger partial charge on any atom is -0.293 e. The molecule has 94 valence electrons. The van der Waals surface area contributed by atoms with Gasteiger partial charge >= 0.3 is 0 Å². The summed E-state index contributed by atoms with van der Waals surface area (Å²) in [7, 11) is 0. The zero-order valence-corrected chi connectivity index (χ0v) is 10.9. The van der Waals surface area contributed by atoms with Gasteiger partial charge in [0.25, 0.3) is 0 Å². The van der Waals surface area contributed by atoms with Crippen LogP contribution in [-0.2, 0) is 0 Å². The summed E-state index contributed by atoms with van der Waals surface area (Å²) in [6.07, 6.45) is 4.25. The zero-order valence-electron chi connectivity index (χ0n) is 10.9. The molecule has 2 aromatic rings. The Morgan fingerprint density at radius 3 is 2.42 bits per heavy atom. The fraction of sp³-hybridized carbons (Fsp3) is 0.167. The van der Waals surface area contributed by atoms with Crippen LogP contribution in [0.15, 0.2) is 60.7 Å². The summed E-state index contributed by atoms with van der Waals surface area (Å²) in [6.45, 7) is 2.11. The van der Waals surface area contributed by atoms with Gasteiger partial charge in [-0.2, -0.15) is 0 Å². The normalized spacial score (nSPS) is 20.9. The van der Waals surface area contributed by atoms with Crippen LogP contribution < -0.4 is 0 Å². The molecule has 0 heterocycles. The summed E-state index contributed by atoms with van der Waals surface area (Å²) in [5, 5.41) is 0. The van der Waals surface area contributed by atoms with Crippen molar-refractivity contribution in [1.29, 1.82) is 0 Å². The minimum absolute atomic E-state index is 0.0661. The van der Waals surface area contributed by atoms with Gasteiger partial charge in [0, 0.05) is 5.56 Å². The molecule has 1 heteroatoms. The lowest BCUT2D eigenvalue weighted by atomic mass is 9.76. The second kappa shape index (κ2) is 4.85. The lowest BCUT2D eigenvalue weighted by molar-refractivity contribution is 0.0943. The summed E-state index contributed by atoms with van der Waals surface area (Å²) in [6, 6.07) is 17.7. The molecule has 2 aromatic carbocycles.